The zero-order valence-electron chi connectivity index (χ0n) is 20.5. The van der Waals surface area contributed by atoms with Crippen molar-refractivity contribution in [2.45, 2.75) is 6.54 Å². The molecule has 1 aliphatic rings. The molecule has 5 aromatic rings. The van der Waals surface area contributed by atoms with Crippen molar-refractivity contribution >= 4 is 39.7 Å². The number of methoxy groups -OCH3 is 1. The topological polar surface area (TPSA) is 152 Å². The van der Waals surface area contributed by atoms with E-state index in [0.717, 1.165) is 16.8 Å². The number of hydrogen-bond acceptors (Lipinski definition) is 9. The van der Waals surface area contributed by atoms with Crippen LogP contribution in [0.5, 0.6) is 5.88 Å². The number of carbonyl (C=O) groups excluding carboxylic acids is 3. The van der Waals surface area contributed by atoms with E-state index in [2.05, 4.69) is 30.9 Å². The van der Waals surface area contributed by atoms with Gasteiger partial charge in [-0.25, -0.2) is 14.5 Å². The van der Waals surface area contributed by atoms with Gasteiger partial charge in [0.15, 0.2) is 0 Å². The summed E-state index contributed by atoms with van der Waals surface area (Å²) >= 11 is 1.36. The predicted molar refractivity (Wildman–Crippen MR) is 142 cm³/mol. The fourth-order valence-electron chi connectivity index (χ4n) is 4.07. The Labute approximate surface area is 225 Å². The van der Waals surface area contributed by atoms with Gasteiger partial charge in [0.1, 0.15) is 10.7 Å². The van der Waals surface area contributed by atoms with Crippen molar-refractivity contribution in [2.75, 3.05) is 19.0 Å². The maximum absolute atomic E-state index is 13.1. The highest BCUT2D eigenvalue weighted by atomic mass is 32.1. The first-order valence-electron chi connectivity index (χ1n) is 11.8. The maximum Gasteiger partial charge on any atom is 0.255 e. The van der Waals surface area contributed by atoms with E-state index in [1.807, 2.05) is 6.07 Å². The quantitative estimate of drug-likeness (QED) is 0.293. The fourth-order valence-corrected chi connectivity index (χ4v) is 4.93. The Morgan fingerprint density at radius 1 is 0.872 bits per heavy atom. The van der Waals surface area contributed by atoms with Gasteiger partial charge in [0.2, 0.25) is 16.7 Å². The van der Waals surface area contributed by atoms with Crippen molar-refractivity contribution in [3.05, 3.63) is 77.9 Å². The Morgan fingerprint density at radius 3 is 2.56 bits per heavy atom. The molecule has 3 amide bonds. The third-order valence-electron chi connectivity index (χ3n) is 6.00. The van der Waals surface area contributed by atoms with Crippen LogP contribution in [0.15, 0.2) is 61.2 Å². The summed E-state index contributed by atoms with van der Waals surface area (Å²) in [6.45, 7) is -0.0152. The molecule has 0 unspecified atom stereocenters. The number of hydrogen-bond donors (Lipinski definition) is 3. The number of fused-ring (bicyclic) bond motifs is 9. The normalized spacial score (nSPS) is 13.8. The molecule has 0 spiro atoms. The summed E-state index contributed by atoms with van der Waals surface area (Å²) in [5.74, 6) is -1.10. The van der Waals surface area contributed by atoms with Crippen LogP contribution in [-0.2, 0) is 11.3 Å². The highest BCUT2D eigenvalue weighted by Crippen LogP contribution is 2.33. The van der Waals surface area contributed by atoms with Gasteiger partial charge >= 0.3 is 0 Å². The molecule has 0 radical (unpaired) electrons. The number of pyridine rings is 2. The van der Waals surface area contributed by atoms with Crippen LogP contribution < -0.4 is 20.7 Å². The molecule has 39 heavy (non-hydrogen) atoms. The summed E-state index contributed by atoms with van der Waals surface area (Å²) in [5.41, 5.74) is 3.73. The average molecular weight is 541 g/mol. The fraction of sp³-hybridized carbons (Fsp3) is 0.115. The smallest absolute Gasteiger partial charge is 0.255 e. The van der Waals surface area contributed by atoms with E-state index in [1.165, 1.54) is 24.5 Å². The largest absolute Gasteiger partial charge is 0.480 e. The van der Waals surface area contributed by atoms with Crippen LogP contribution in [0.2, 0.25) is 0 Å². The van der Waals surface area contributed by atoms with Crippen LogP contribution in [-0.4, -0.2) is 55.9 Å². The van der Waals surface area contributed by atoms with E-state index >= 15 is 0 Å². The van der Waals surface area contributed by atoms with E-state index in [4.69, 9.17) is 9.84 Å². The Hall–Kier alpha value is -5.17. The molecular formula is C26H20N8O4S. The Morgan fingerprint density at radius 2 is 1.72 bits per heavy atom. The van der Waals surface area contributed by atoms with Crippen molar-refractivity contribution < 1.29 is 19.1 Å². The number of carbonyl (C=O) groups is 3. The molecule has 4 aromatic heterocycles. The van der Waals surface area contributed by atoms with Crippen LogP contribution in [0.4, 0.5) is 5.69 Å². The van der Waals surface area contributed by atoms with Gasteiger partial charge in [0.25, 0.3) is 11.8 Å². The van der Waals surface area contributed by atoms with E-state index in [-0.39, 0.29) is 36.0 Å². The second-order valence-electron chi connectivity index (χ2n) is 8.60. The molecule has 1 aromatic carbocycles. The van der Waals surface area contributed by atoms with Crippen molar-refractivity contribution in [3.63, 3.8) is 0 Å². The lowest BCUT2D eigenvalue weighted by Gasteiger charge is -2.11. The van der Waals surface area contributed by atoms with E-state index in [0.29, 0.717) is 21.2 Å². The molecule has 0 aliphatic carbocycles. The SMILES string of the molecule is COc1ncc2cc1NC(=O)c1cccc(c1)C(=O)NCC(=O)NCc1cncc(c1)-c1cnc3sc-2nn13. The molecule has 8 bridgehead atoms. The third kappa shape index (κ3) is 4.78. The molecule has 194 valence electrons. The molecule has 0 saturated heterocycles. The third-order valence-corrected chi connectivity index (χ3v) is 6.97. The Kier molecular flexibility index (Phi) is 6.17. The van der Waals surface area contributed by atoms with Crippen LogP contribution in [0.1, 0.15) is 26.3 Å². The first kappa shape index (κ1) is 24.2. The summed E-state index contributed by atoms with van der Waals surface area (Å²) in [5, 5.41) is 13.5. The summed E-state index contributed by atoms with van der Waals surface area (Å²) < 4.78 is 7.07. The van der Waals surface area contributed by atoms with E-state index < -0.39 is 11.8 Å². The van der Waals surface area contributed by atoms with Crippen LogP contribution >= 0.6 is 11.3 Å². The van der Waals surface area contributed by atoms with Crippen LogP contribution in [0.3, 0.4) is 0 Å². The van der Waals surface area contributed by atoms with Gasteiger partial charge in [-0.1, -0.05) is 17.4 Å². The maximum atomic E-state index is 13.1. The molecule has 13 heteroatoms. The molecule has 0 atom stereocenters. The molecule has 0 saturated carbocycles. The first-order chi connectivity index (χ1) is 19.0. The summed E-state index contributed by atoms with van der Waals surface area (Å²) in [4.78, 5) is 52.0. The second kappa shape index (κ2) is 9.95. The van der Waals surface area contributed by atoms with E-state index in [1.54, 1.807) is 53.6 Å². The number of nitrogens with zero attached hydrogens (tertiary/aromatic N) is 5. The number of benzene rings is 1. The Balaban J connectivity index is 1.44. The summed E-state index contributed by atoms with van der Waals surface area (Å²) in [6, 6.07) is 9.80. The highest BCUT2D eigenvalue weighted by molar-refractivity contribution is 7.19. The van der Waals surface area contributed by atoms with Gasteiger partial charge in [-0.15, -0.1) is 0 Å². The van der Waals surface area contributed by atoms with Gasteiger partial charge in [0, 0.05) is 47.4 Å². The number of anilines is 1. The standard InChI is InChI=1S/C26H20N8O4S/c1-38-24-19-7-18(11-30-24)25-33-34-20(12-31-26(34)39-25)17-5-14(8-27-10-17)9-28-21(35)13-29-22(36)15-3-2-4-16(6-15)23(37)32-19/h2-8,10-12H,9,13H2,1H3,(H,28,35)(H,29,36)(H,32,37). The zero-order valence-corrected chi connectivity index (χ0v) is 21.3. The minimum atomic E-state index is -0.486. The van der Waals surface area contributed by atoms with Crippen molar-refractivity contribution in [1.82, 2.24) is 35.2 Å². The lowest BCUT2D eigenvalue weighted by molar-refractivity contribution is -0.120. The van der Waals surface area contributed by atoms with Gasteiger partial charge < -0.3 is 20.7 Å². The minimum absolute atomic E-state index is 0.218. The summed E-state index contributed by atoms with van der Waals surface area (Å²) in [6.07, 6.45) is 6.67. The number of rotatable bonds is 1. The average Bonchev–Trinajstić information content (AvgIpc) is 3.56. The van der Waals surface area contributed by atoms with Crippen LogP contribution in [0, 0.1) is 0 Å². The van der Waals surface area contributed by atoms with Crippen molar-refractivity contribution in [3.8, 4) is 27.7 Å². The second-order valence-corrected chi connectivity index (χ2v) is 9.56. The molecule has 5 heterocycles. The van der Waals surface area contributed by atoms with Crippen LogP contribution in [0.25, 0.3) is 26.8 Å². The van der Waals surface area contributed by atoms with Gasteiger partial charge in [-0.2, -0.15) is 5.10 Å². The zero-order chi connectivity index (χ0) is 26.9. The van der Waals surface area contributed by atoms with Gasteiger partial charge in [-0.05, 0) is 35.9 Å². The molecule has 1 aliphatic heterocycles. The molecule has 0 fully saturated rings. The number of aromatic nitrogens is 5. The molecule has 3 N–H and O–H groups in total. The summed E-state index contributed by atoms with van der Waals surface area (Å²) in [7, 11) is 1.46. The number of imidazole rings is 1. The number of amides is 3. The lowest BCUT2D eigenvalue weighted by atomic mass is 10.1. The molecule has 6 rings (SSSR count). The van der Waals surface area contributed by atoms with Gasteiger partial charge in [0.05, 0.1) is 25.5 Å². The number of nitrogens with one attached hydrogen (secondary N) is 3. The minimum Gasteiger partial charge on any atom is -0.480 e. The lowest BCUT2D eigenvalue weighted by Crippen LogP contribution is -2.36. The van der Waals surface area contributed by atoms with Crippen molar-refractivity contribution in [2.24, 2.45) is 0 Å². The van der Waals surface area contributed by atoms with Crippen molar-refractivity contribution in [1.29, 1.82) is 0 Å². The Bertz CT molecular complexity index is 1760. The predicted octanol–water partition coefficient (Wildman–Crippen LogP) is 2.54. The highest BCUT2D eigenvalue weighted by Gasteiger charge is 2.18. The monoisotopic (exact) mass is 540 g/mol. The first-order valence-corrected chi connectivity index (χ1v) is 12.6. The molecule has 12 nitrogen and oxygen atoms in total. The van der Waals surface area contributed by atoms with E-state index in [9.17, 15) is 14.4 Å². The van der Waals surface area contributed by atoms with Gasteiger partial charge in [-0.3, -0.25) is 19.4 Å². The molecular weight excluding hydrogens is 520 g/mol. The number of ether oxygens (including phenoxy) is 1.